The summed E-state index contributed by atoms with van der Waals surface area (Å²) in [5, 5.41) is 0.968. The lowest BCUT2D eigenvalue weighted by molar-refractivity contribution is 0.575. The number of thiazole rings is 1. The number of benzene rings is 1. The van der Waals surface area contributed by atoms with Crippen molar-refractivity contribution in [2.75, 3.05) is 0 Å². The Balaban J connectivity index is 2.30. The van der Waals surface area contributed by atoms with Gasteiger partial charge in [-0.25, -0.2) is 13.8 Å². The number of nitrogens with zero attached hydrogens (tertiary/aromatic N) is 1. The predicted octanol–water partition coefficient (Wildman–Crippen LogP) is 3.63. The van der Waals surface area contributed by atoms with Crippen molar-refractivity contribution in [2.45, 2.75) is 20.3 Å². The lowest BCUT2D eigenvalue weighted by Gasteiger charge is -2.01. The maximum atomic E-state index is 13.4. The van der Waals surface area contributed by atoms with E-state index in [0.29, 0.717) is 12.0 Å². The van der Waals surface area contributed by atoms with Gasteiger partial charge in [0, 0.05) is 17.4 Å². The Morgan fingerprint density at radius 2 is 2.00 bits per heavy atom. The molecular formula is C12H11F2NS. The van der Waals surface area contributed by atoms with Crippen molar-refractivity contribution in [3.63, 3.8) is 0 Å². The summed E-state index contributed by atoms with van der Waals surface area (Å²) in [6.07, 6.45) is 0.476. The smallest absolute Gasteiger partial charge is 0.129 e. The van der Waals surface area contributed by atoms with E-state index < -0.39 is 11.6 Å². The molecule has 84 valence electrons. The summed E-state index contributed by atoms with van der Waals surface area (Å²) in [6, 6.07) is 3.68. The lowest BCUT2D eigenvalue weighted by atomic mass is 10.1. The fourth-order valence-corrected chi connectivity index (χ4v) is 2.54. The first-order valence-electron chi connectivity index (χ1n) is 4.93. The first kappa shape index (κ1) is 11.2. The first-order chi connectivity index (χ1) is 7.56. The summed E-state index contributed by atoms with van der Waals surface area (Å²) in [6.45, 7) is 3.82. The highest BCUT2D eigenvalue weighted by atomic mass is 32.1. The average Bonchev–Trinajstić information content (AvgIpc) is 2.50. The molecule has 16 heavy (non-hydrogen) atoms. The second kappa shape index (κ2) is 4.29. The SMILES string of the molecule is Cc1nc(C)c(Cc2ccc(F)cc2F)s1. The molecule has 1 heterocycles. The highest BCUT2D eigenvalue weighted by molar-refractivity contribution is 7.11. The van der Waals surface area contributed by atoms with Crippen LogP contribution >= 0.6 is 11.3 Å². The van der Waals surface area contributed by atoms with Gasteiger partial charge < -0.3 is 0 Å². The Morgan fingerprint density at radius 3 is 2.56 bits per heavy atom. The number of aryl methyl sites for hydroxylation is 2. The molecule has 0 unspecified atom stereocenters. The van der Waals surface area contributed by atoms with Crippen molar-refractivity contribution >= 4 is 11.3 Å². The Bertz CT molecular complexity index is 520. The summed E-state index contributed by atoms with van der Waals surface area (Å²) in [5.74, 6) is -1.04. The summed E-state index contributed by atoms with van der Waals surface area (Å²) in [5.41, 5.74) is 1.43. The molecule has 0 saturated heterocycles. The molecule has 1 aromatic heterocycles. The van der Waals surface area contributed by atoms with E-state index in [1.807, 2.05) is 13.8 Å². The summed E-state index contributed by atoms with van der Waals surface area (Å²) in [4.78, 5) is 5.31. The van der Waals surface area contributed by atoms with Crippen LogP contribution in [0.1, 0.15) is 21.1 Å². The fraction of sp³-hybridized carbons (Fsp3) is 0.250. The lowest BCUT2D eigenvalue weighted by Crippen LogP contribution is -1.93. The van der Waals surface area contributed by atoms with Crippen LogP contribution in [0.15, 0.2) is 18.2 Å². The van der Waals surface area contributed by atoms with Gasteiger partial charge in [-0.1, -0.05) is 6.07 Å². The molecule has 0 atom stereocenters. The number of hydrogen-bond acceptors (Lipinski definition) is 2. The van der Waals surface area contributed by atoms with Crippen LogP contribution in [0.3, 0.4) is 0 Å². The minimum Gasteiger partial charge on any atom is -0.247 e. The van der Waals surface area contributed by atoms with Gasteiger partial charge in [0.15, 0.2) is 0 Å². The van der Waals surface area contributed by atoms with Gasteiger partial charge in [-0.15, -0.1) is 11.3 Å². The van der Waals surface area contributed by atoms with Gasteiger partial charge in [0.1, 0.15) is 11.6 Å². The molecule has 0 fully saturated rings. The molecule has 0 radical (unpaired) electrons. The van der Waals surface area contributed by atoms with Crippen LogP contribution in [-0.4, -0.2) is 4.98 Å². The fourth-order valence-electron chi connectivity index (χ4n) is 1.58. The summed E-state index contributed by atoms with van der Waals surface area (Å²) < 4.78 is 26.1. The van der Waals surface area contributed by atoms with Gasteiger partial charge in [-0.05, 0) is 25.5 Å². The van der Waals surface area contributed by atoms with Crippen LogP contribution in [-0.2, 0) is 6.42 Å². The van der Waals surface area contributed by atoms with Crippen LogP contribution in [0.5, 0.6) is 0 Å². The quantitative estimate of drug-likeness (QED) is 0.779. The summed E-state index contributed by atoms with van der Waals surface area (Å²) in [7, 11) is 0. The number of hydrogen-bond donors (Lipinski definition) is 0. The van der Waals surface area contributed by atoms with Gasteiger partial charge in [0.25, 0.3) is 0 Å². The van der Waals surface area contributed by atoms with E-state index in [-0.39, 0.29) is 0 Å². The Hall–Kier alpha value is -1.29. The van der Waals surface area contributed by atoms with Crippen LogP contribution in [0.4, 0.5) is 8.78 Å². The average molecular weight is 239 g/mol. The van der Waals surface area contributed by atoms with E-state index in [4.69, 9.17) is 0 Å². The van der Waals surface area contributed by atoms with E-state index >= 15 is 0 Å². The minimum absolute atomic E-state index is 0.476. The largest absolute Gasteiger partial charge is 0.247 e. The maximum absolute atomic E-state index is 13.4. The van der Waals surface area contributed by atoms with Gasteiger partial charge in [0.2, 0.25) is 0 Å². The summed E-state index contributed by atoms with van der Waals surface area (Å²) >= 11 is 1.55. The highest BCUT2D eigenvalue weighted by Crippen LogP contribution is 2.22. The van der Waals surface area contributed by atoms with Gasteiger partial charge >= 0.3 is 0 Å². The van der Waals surface area contributed by atoms with E-state index in [9.17, 15) is 8.78 Å². The second-order valence-electron chi connectivity index (χ2n) is 3.65. The zero-order chi connectivity index (χ0) is 11.7. The predicted molar refractivity (Wildman–Crippen MR) is 60.8 cm³/mol. The van der Waals surface area contributed by atoms with Crippen LogP contribution in [0, 0.1) is 25.5 Å². The van der Waals surface area contributed by atoms with Crippen LogP contribution in [0.2, 0.25) is 0 Å². The van der Waals surface area contributed by atoms with Crippen molar-refractivity contribution in [2.24, 2.45) is 0 Å². The van der Waals surface area contributed by atoms with E-state index in [0.717, 1.165) is 21.6 Å². The molecule has 0 saturated carbocycles. The molecule has 4 heteroatoms. The topological polar surface area (TPSA) is 12.9 Å². The number of halogens is 2. The van der Waals surface area contributed by atoms with Crippen molar-refractivity contribution in [3.8, 4) is 0 Å². The third-order valence-corrected chi connectivity index (χ3v) is 3.44. The third kappa shape index (κ3) is 2.27. The molecule has 2 aromatic rings. The third-order valence-electron chi connectivity index (χ3n) is 2.37. The Morgan fingerprint density at radius 1 is 1.25 bits per heavy atom. The molecule has 0 bridgehead atoms. The molecular weight excluding hydrogens is 228 g/mol. The van der Waals surface area contributed by atoms with Crippen LogP contribution in [0.25, 0.3) is 0 Å². The molecule has 2 rings (SSSR count). The molecule has 0 aliphatic rings. The zero-order valence-electron chi connectivity index (χ0n) is 9.05. The normalized spacial score (nSPS) is 10.8. The van der Waals surface area contributed by atoms with Crippen molar-refractivity contribution in [1.82, 2.24) is 4.98 Å². The van der Waals surface area contributed by atoms with Crippen molar-refractivity contribution < 1.29 is 8.78 Å². The number of rotatable bonds is 2. The monoisotopic (exact) mass is 239 g/mol. The standard InChI is InChI=1S/C12H11F2NS/c1-7-12(16-8(2)15-7)5-9-3-4-10(13)6-11(9)14/h3-4,6H,5H2,1-2H3. The van der Waals surface area contributed by atoms with E-state index in [1.54, 1.807) is 11.3 Å². The van der Waals surface area contributed by atoms with E-state index in [2.05, 4.69) is 4.98 Å². The molecule has 0 aliphatic heterocycles. The minimum atomic E-state index is -0.543. The highest BCUT2D eigenvalue weighted by Gasteiger charge is 2.09. The van der Waals surface area contributed by atoms with Crippen molar-refractivity contribution in [3.05, 3.63) is 51.0 Å². The first-order valence-corrected chi connectivity index (χ1v) is 5.75. The second-order valence-corrected chi connectivity index (χ2v) is 4.94. The van der Waals surface area contributed by atoms with Crippen LogP contribution < -0.4 is 0 Å². The maximum Gasteiger partial charge on any atom is 0.129 e. The van der Waals surface area contributed by atoms with Crippen molar-refractivity contribution in [1.29, 1.82) is 0 Å². The Labute approximate surface area is 96.8 Å². The molecule has 0 spiro atoms. The molecule has 0 N–H and O–H groups in total. The molecule has 1 nitrogen and oxygen atoms in total. The van der Waals surface area contributed by atoms with Gasteiger partial charge in [-0.2, -0.15) is 0 Å². The molecule has 1 aromatic carbocycles. The molecule has 0 aliphatic carbocycles. The number of aromatic nitrogens is 1. The molecule has 0 amide bonds. The zero-order valence-corrected chi connectivity index (χ0v) is 9.87. The van der Waals surface area contributed by atoms with E-state index in [1.165, 1.54) is 12.1 Å². The van der Waals surface area contributed by atoms with Gasteiger partial charge in [-0.3, -0.25) is 0 Å². The van der Waals surface area contributed by atoms with Gasteiger partial charge in [0.05, 0.1) is 10.7 Å². The Kier molecular flexibility index (Phi) is 3.01.